The van der Waals surface area contributed by atoms with Crippen LogP contribution in [0.2, 0.25) is 0 Å². The van der Waals surface area contributed by atoms with Crippen molar-refractivity contribution in [2.75, 3.05) is 18.7 Å². The Morgan fingerprint density at radius 2 is 1.94 bits per heavy atom. The van der Waals surface area contributed by atoms with E-state index >= 15 is 0 Å². The number of hydrazine groups is 1. The molecule has 0 bridgehead atoms. The summed E-state index contributed by atoms with van der Waals surface area (Å²) in [5.41, 5.74) is 9.89. The quantitative estimate of drug-likeness (QED) is 0.461. The number of aromatic nitrogens is 1. The zero-order valence-electron chi connectivity index (χ0n) is 17.7. The Hall–Kier alpha value is -3.76. The molecule has 1 unspecified atom stereocenters. The SMILES string of the molecule is CCOC(=O)NN(C)c1nc(SC(C(N)=O)c2ccccc2)c(C#N)c(C2CC2)c1C#N. The molecule has 0 radical (unpaired) electrons. The maximum atomic E-state index is 12.2. The summed E-state index contributed by atoms with van der Waals surface area (Å²) in [5, 5.41) is 20.6. The highest BCUT2D eigenvalue weighted by atomic mass is 32.2. The van der Waals surface area contributed by atoms with Gasteiger partial charge in [0.05, 0.1) is 12.2 Å². The molecule has 1 saturated carbocycles. The summed E-state index contributed by atoms with van der Waals surface area (Å²) >= 11 is 1.05. The third-order valence-electron chi connectivity index (χ3n) is 4.84. The van der Waals surface area contributed by atoms with Crippen molar-refractivity contribution in [3.8, 4) is 12.1 Å². The number of benzene rings is 1. The Balaban J connectivity index is 2.12. The highest BCUT2D eigenvalue weighted by Crippen LogP contribution is 2.48. The van der Waals surface area contributed by atoms with Crippen molar-refractivity contribution >= 4 is 29.6 Å². The largest absolute Gasteiger partial charge is 0.449 e. The fraction of sp³-hybridized carbons (Fsp3) is 0.318. The number of nitrogens with two attached hydrogens (primary N) is 1. The van der Waals surface area contributed by atoms with E-state index in [1.54, 1.807) is 31.2 Å². The molecule has 2 aromatic rings. The second-order valence-electron chi connectivity index (χ2n) is 7.10. The predicted octanol–water partition coefficient (Wildman–Crippen LogP) is 3.12. The van der Waals surface area contributed by atoms with Crippen molar-refractivity contribution in [2.45, 2.75) is 36.0 Å². The van der Waals surface area contributed by atoms with Crippen molar-refractivity contribution < 1.29 is 14.3 Å². The summed E-state index contributed by atoms with van der Waals surface area (Å²) < 4.78 is 4.91. The van der Waals surface area contributed by atoms with Crippen LogP contribution in [0.5, 0.6) is 0 Å². The lowest BCUT2D eigenvalue weighted by atomic mass is 10.00. The lowest BCUT2D eigenvalue weighted by molar-refractivity contribution is -0.117. The van der Waals surface area contributed by atoms with Crippen LogP contribution in [-0.2, 0) is 9.53 Å². The molecular formula is C22H22N6O3S. The first-order valence-corrected chi connectivity index (χ1v) is 10.8. The molecule has 0 saturated heterocycles. The van der Waals surface area contributed by atoms with Gasteiger partial charge < -0.3 is 10.5 Å². The fourth-order valence-corrected chi connectivity index (χ4v) is 4.32. The maximum absolute atomic E-state index is 12.2. The fourth-order valence-electron chi connectivity index (χ4n) is 3.28. The zero-order chi connectivity index (χ0) is 23.3. The van der Waals surface area contributed by atoms with Gasteiger partial charge in [-0.1, -0.05) is 42.1 Å². The lowest BCUT2D eigenvalue weighted by Crippen LogP contribution is -2.41. The molecule has 32 heavy (non-hydrogen) atoms. The van der Waals surface area contributed by atoms with E-state index in [0.29, 0.717) is 11.1 Å². The number of amides is 2. The predicted molar refractivity (Wildman–Crippen MR) is 118 cm³/mol. The number of pyridine rings is 1. The highest BCUT2D eigenvalue weighted by molar-refractivity contribution is 8.00. The second-order valence-corrected chi connectivity index (χ2v) is 8.20. The normalized spacial score (nSPS) is 13.4. The number of hydrogen-bond acceptors (Lipinski definition) is 8. The molecule has 3 rings (SSSR count). The summed E-state index contributed by atoms with van der Waals surface area (Å²) in [5.74, 6) is -0.371. The Kier molecular flexibility index (Phi) is 7.18. The Labute approximate surface area is 190 Å². The van der Waals surface area contributed by atoms with E-state index in [-0.39, 0.29) is 34.5 Å². The van der Waals surface area contributed by atoms with Crippen molar-refractivity contribution in [3.63, 3.8) is 0 Å². The first kappa shape index (κ1) is 22.9. The van der Waals surface area contributed by atoms with Gasteiger partial charge in [-0.2, -0.15) is 10.5 Å². The molecule has 1 heterocycles. The molecule has 1 aromatic heterocycles. The van der Waals surface area contributed by atoms with Crippen LogP contribution >= 0.6 is 11.8 Å². The van der Waals surface area contributed by atoms with Crippen LogP contribution in [-0.4, -0.2) is 30.6 Å². The minimum atomic E-state index is -0.785. The number of primary amides is 1. The van der Waals surface area contributed by atoms with Crippen LogP contribution in [0.15, 0.2) is 35.4 Å². The number of nitrogens with zero attached hydrogens (tertiary/aromatic N) is 4. The molecule has 1 aliphatic carbocycles. The third kappa shape index (κ3) is 4.93. The molecule has 0 aliphatic heterocycles. The number of carbonyl (C=O) groups excluding carboxylic acids is 2. The average molecular weight is 451 g/mol. The monoisotopic (exact) mass is 450 g/mol. The number of rotatable bonds is 8. The number of hydrogen-bond donors (Lipinski definition) is 2. The van der Waals surface area contributed by atoms with Crippen LogP contribution in [0.4, 0.5) is 10.6 Å². The molecule has 1 fully saturated rings. The number of nitrogens with one attached hydrogen (secondary N) is 1. The number of nitriles is 2. The van der Waals surface area contributed by atoms with E-state index in [1.165, 1.54) is 12.1 Å². The molecule has 10 heteroatoms. The molecule has 1 aliphatic rings. The molecule has 1 atom stereocenters. The second kappa shape index (κ2) is 10.0. The van der Waals surface area contributed by atoms with Gasteiger partial charge in [0.1, 0.15) is 28.0 Å². The minimum absolute atomic E-state index is 0.0418. The highest BCUT2D eigenvalue weighted by Gasteiger charge is 2.35. The van der Waals surface area contributed by atoms with E-state index < -0.39 is 17.3 Å². The van der Waals surface area contributed by atoms with Gasteiger partial charge in [0.2, 0.25) is 5.91 Å². The van der Waals surface area contributed by atoms with E-state index in [4.69, 9.17) is 10.5 Å². The van der Waals surface area contributed by atoms with E-state index in [9.17, 15) is 20.1 Å². The standard InChI is InChI=1S/C22H22N6O3S/c1-3-31-22(30)27-28(2)20-15(11-23)17(13-9-10-13)16(12-24)21(26-20)32-18(19(25)29)14-7-5-4-6-8-14/h4-8,13,18H,3,9-10H2,1-2H3,(H2,25,29)(H,27,30). The molecule has 2 amide bonds. The number of thioether (sulfide) groups is 1. The van der Waals surface area contributed by atoms with Gasteiger partial charge >= 0.3 is 6.09 Å². The topological polar surface area (TPSA) is 145 Å². The lowest BCUT2D eigenvalue weighted by Gasteiger charge is -2.23. The molecule has 164 valence electrons. The molecule has 0 spiro atoms. The van der Waals surface area contributed by atoms with Crippen LogP contribution in [0.3, 0.4) is 0 Å². The molecular weight excluding hydrogens is 428 g/mol. The number of ether oxygens (including phenoxy) is 1. The van der Waals surface area contributed by atoms with E-state index in [1.807, 2.05) is 6.07 Å². The van der Waals surface area contributed by atoms with Gasteiger partial charge in [0, 0.05) is 7.05 Å². The van der Waals surface area contributed by atoms with Crippen molar-refractivity contribution in [3.05, 3.63) is 52.6 Å². The molecule has 3 N–H and O–H groups in total. The van der Waals surface area contributed by atoms with Crippen LogP contribution in [0.1, 0.15) is 53.2 Å². The smallest absolute Gasteiger partial charge is 0.426 e. The van der Waals surface area contributed by atoms with Gasteiger partial charge in [0.25, 0.3) is 0 Å². The van der Waals surface area contributed by atoms with E-state index in [0.717, 1.165) is 24.6 Å². The van der Waals surface area contributed by atoms with Crippen molar-refractivity contribution in [1.29, 1.82) is 10.5 Å². The zero-order valence-corrected chi connectivity index (χ0v) is 18.5. The third-order valence-corrected chi connectivity index (χ3v) is 6.09. The first-order valence-electron chi connectivity index (χ1n) is 9.97. The van der Waals surface area contributed by atoms with Crippen LogP contribution in [0.25, 0.3) is 0 Å². The van der Waals surface area contributed by atoms with Gasteiger partial charge in [-0.05, 0) is 36.8 Å². The first-order chi connectivity index (χ1) is 15.4. The summed E-state index contributed by atoms with van der Waals surface area (Å²) in [6.07, 6.45) is 0.972. The number of anilines is 1. The minimum Gasteiger partial charge on any atom is -0.449 e. The number of carbonyl (C=O) groups is 2. The summed E-state index contributed by atoms with van der Waals surface area (Å²) in [6, 6.07) is 13.3. The summed E-state index contributed by atoms with van der Waals surface area (Å²) in [6.45, 7) is 1.85. The molecule has 9 nitrogen and oxygen atoms in total. The summed E-state index contributed by atoms with van der Waals surface area (Å²) in [7, 11) is 1.53. The van der Waals surface area contributed by atoms with Crippen LogP contribution < -0.4 is 16.2 Å². The van der Waals surface area contributed by atoms with Gasteiger partial charge in [-0.25, -0.2) is 15.2 Å². The maximum Gasteiger partial charge on any atom is 0.426 e. The van der Waals surface area contributed by atoms with Crippen LogP contribution in [0, 0.1) is 22.7 Å². The summed E-state index contributed by atoms with van der Waals surface area (Å²) in [4.78, 5) is 28.7. The molecule has 1 aromatic carbocycles. The average Bonchev–Trinajstić information content (AvgIpc) is 3.62. The Morgan fingerprint density at radius 3 is 2.47 bits per heavy atom. The van der Waals surface area contributed by atoms with Gasteiger partial charge in [-0.3, -0.25) is 9.80 Å². The Bertz CT molecular complexity index is 1110. The van der Waals surface area contributed by atoms with E-state index in [2.05, 4.69) is 22.5 Å². The van der Waals surface area contributed by atoms with Gasteiger partial charge in [-0.15, -0.1) is 0 Å². The Morgan fingerprint density at radius 1 is 1.28 bits per heavy atom. The van der Waals surface area contributed by atoms with Gasteiger partial charge in [0.15, 0.2) is 5.82 Å². The van der Waals surface area contributed by atoms with Crippen molar-refractivity contribution in [1.82, 2.24) is 10.4 Å². The van der Waals surface area contributed by atoms with Crippen molar-refractivity contribution in [2.24, 2.45) is 5.73 Å².